The van der Waals surface area contributed by atoms with Gasteiger partial charge in [-0.1, -0.05) is 66.2 Å². The van der Waals surface area contributed by atoms with E-state index in [2.05, 4.69) is 0 Å². The van der Waals surface area contributed by atoms with Crippen molar-refractivity contribution < 1.29 is 9.36 Å². The number of aryl methyl sites for hydroxylation is 5. The molecule has 2 nitrogen and oxygen atoms in total. The molecule has 0 saturated carbocycles. The van der Waals surface area contributed by atoms with Crippen LogP contribution in [0.15, 0.2) is 60.7 Å². The van der Waals surface area contributed by atoms with Gasteiger partial charge in [-0.25, -0.2) is 0 Å². The highest BCUT2D eigenvalue weighted by atomic mass is 31.2. The van der Waals surface area contributed by atoms with Crippen LogP contribution in [0.4, 0.5) is 0 Å². The highest BCUT2D eigenvalue weighted by Crippen LogP contribution is 2.52. The minimum absolute atomic E-state index is 0.239. The molecule has 3 aromatic carbocycles. The number of rotatable bonds is 5. The maximum absolute atomic E-state index is 14.4. The van der Waals surface area contributed by atoms with Crippen LogP contribution in [-0.2, 0) is 10.7 Å². The summed E-state index contributed by atoms with van der Waals surface area (Å²) in [5.41, 5.74) is 6.39. The van der Waals surface area contributed by atoms with Crippen LogP contribution >= 0.6 is 7.14 Å². The molecule has 0 radical (unpaired) electrons. The van der Waals surface area contributed by atoms with Crippen molar-refractivity contribution in [3.05, 3.63) is 99.6 Å². The lowest BCUT2D eigenvalue weighted by Gasteiger charge is -2.22. The van der Waals surface area contributed by atoms with Gasteiger partial charge in [0, 0.05) is 17.0 Å². The van der Waals surface area contributed by atoms with Gasteiger partial charge in [0.1, 0.15) is 0 Å². The van der Waals surface area contributed by atoms with Crippen LogP contribution in [-0.4, -0.2) is 5.52 Å². The molecule has 28 heavy (non-hydrogen) atoms. The van der Waals surface area contributed by atoms with E-state index in [9.17, 15) is 9.36 Å². The molecule has 0 bridgehead atoms. The molecular formula is C25H27O2P. The predicted molar refractivity (Wildman–Crippen MR) is 118 cm³/mol. The molecule has 0 aliphatic rings. The van der Waals surface area contributed by atoms with Crippen molar-refractivity contribution in [3.8, 4) is 0 Å². The fraction of sp³-hybridized carbons (Fsp3) is 0.240. The van der Waals surface area contributed by atoms with Gasteiger partial charge in [-0.05, 0) is 62.4 Å². The molecule has 3 rings (SSSR count). The monoisotopic (exact) mass is 390 g/mol. The van der Waals surface area contributed by atoms with Crippen molar-refractivity contribution >= 4 is 18.0 Å². The Balaban J connectivity index is 2.21. The summed E-state index contributed by atoms with van der Waals surface area (Å²) in [5.74, 6) is 0. The minimum atomic E-state index is -3.37. The molecule has 0 amide bonds. The number of carbonyl (C=O) groups excluding carboxylic acids is 1. The average Bonchev–Trinajstić information content (AvgIpc) is 2.64. The second kappa shape index (κ2) is 7.89. The molecule has 0 aromatic heterocycles. The Morgan fingerprint density at radius 3 is 1.82 bits per heavy atom. The SMILES string of the molecule is Cc1cc(C)c(C(=O)P(=O)(Cc2c(C)cccc2C)c2ccccc2)c(C)c1. The smallest absolute Gasteiger partial charge is 0.226 e. The van der Waals surface area contributed by atoms with Gasteiger partial charge in [0.15, 0.2) is 7.14 Å². The number of hydrogen-bond acceptors (Lipinski definition) is 2. The Morgan fingerprint density at radius 1 is 0.750 bits per heavy atom. The Hall–Kier alpha value is -2.44. The van der Waals surface area contributed by atoms with E-state index in [1.807, 2.05) is 95.3 Å². The number of hydrogen-bond donors (Lipinski definition) is 0. The molecule has 1 unspecified atom stereocenters. The van der Waals surface area contributed by atoms with E-state index in [4.69, 9.17) is 0 Å². The first-order chi connectivity index (χ1) is 13.2. The first kappa shape index (κ1) is 20.3. The van der Waals surface area contributed by atoms with Gasteiger partial charge in [-0.3, -0.25) is 4.79 Å². The van der Waals surface area contributed by atoms with E-state index >= 15 is 0 Å². The third kappa shape index (κ3) is 3.75. The van der Waals surface area contributed by atoms with Crippen LogP contribution in [0.5, 0.6) is 0 Å². The Labute approximate surface area is 168 Å². The fourth-order valence-electron chi connectivity index (χ4n) is 3.97. The summed E-state index contributed by atoms with van der Waals surface area (Å²) >= 11 is 0. The van der Waals surface area contributed by atoms with Gasteiger partial charge in [0.2, 0.25) is 5.52 Å². The van der Waals surface area contributed by atoms with E-state index in [0.717, 1.165) is 33.4 Å². The number of carbonyl (C=O) groups is 1. The fourth-order valence-corrected chi connectivity index (χ4v) is 6.84. The normalized spacial score (nSPS) is 13.2. The molecular weight excluding hydrogens is 363 g/mol. The van der Waals surface area contributed by atoms with Gasteiger partial charge >= 0.3 is 0 Å². The lowest BCUT2D eigenvalue weighted by atomic mass is 10.0. The van der Waals surface area contributed by atoms with Crippen LogP contribution in [0.2, 0.25) is 0 Å². The Morgan fingerprint density at radius 2 is 1.29 bits per heavy atom. The summed E-state index contributed by atoms with van der Waals surface area (Å²) in [5, 5.41) is 0.627. The molecule has 1 atom stereocenters. The van der Waals surface area contributed by atoms with Crippen molar-refractivity contribution in [3.63, 3.8) is 0 Å². The van der Waals surface area contributed by atoms with Gasteiger partial charge in [0.05, 0.1) is 0 Å². The van der Waals surface area contributed by atoms with E-state index in [-0.39, 0.29) is 11.7 Å². The van der Waals surface area contributed by atoms with E-state index in [1.165, 1.54) is 0 Å². The largest absolute Gasteiger partial charge is 0.310 e. The lowest BCUT2D eigenvalue weighted by Crippen LogP contribution is -2.17. The van der Waals surface area contributed by atoms with Crippen LogP contribution in [0.25, 0.3) is 0 Å². The molecule has 0 N–H and O–H groups in total. The zero-order valence-electron chi connectivity index (χ0n) is 17.2. The molecule has 0 saturated heterocycles. The molecule has 0 aliphatic carbocycles. The summed E-state index contributed by atoms with van der Waals surface area (Å²) in [4.78, 5) is 13.8. The maximum atomic E-state index is 14.4. The second-order valence-corrected chi connectivity index (χ2v) is 10.4. The minimum Gasteiger partial charge on any atom is -0.310 e. The summed E-state index contributed by atoms with van der Waals surface area (Å²) in [6.45, 7) is 9.92. The first-order valence-electron chi connectivity index (χ1n) is 9.56. The predicted octanol–water partition coefficient (Wildman–Crippen LogP) is 6.26. The van der Waals surface area contributed by atoms with Gasteiger partial charge < -0.3 is 4.57 Å². The third-order valence-corrected chi connectivity index (χ3v) is 8.19. The summed E-state index contributed by atoms with van der Waals surface area (Å²) in [6, 6.07) is 19.3. The zero-order chi connectivity index (χ0) is 20.5. The van der Waals surface area contributed by atoms with Crippen molar-refractivity contribution in [2.75, 3.05) is 0 Å². The quantitative estimate of drug-likeness (QED) is 0.482. The Kier molecular flexibility index (Phi) is 5.72. The molecule has 0 heterocycles. The summed E-state index contributed by atoms with van der Waals surface area (Å²) in [7, 11) is -3.37. The van der Waals surface area contributed by atoms with Gasteiger partial charge in [-0.15, -0.1) is 0 Å². The molecule has 0 aliphatic heterocycles. The highest BCUT2D eigenvalue weighted by Gasteiger charge is 2.37. The molecule has 0 spiro atoms. The highest BCUT2D eigenvalue weighted by molar-refractivity contribution is 7.86. The molecule has 0 fully saturated rings. The summed E-state index contributed by atoms with van der Waals surface area (Å²) in [6.07, 6.45) is 0.251. The van der Waals surface area contributed by atoms with Crippen LogP contribution in [0, 0.1) is 34.6 Å². The maximum Gasteiger partial charge on any atom is 0.226 e. The van der Waals surface area contributed by atoms with Crippen LogP contribution in [0.3, 0.4) is 0 Å². The van der Waals surface area contributed by atoms with E-state index in [1.54, 1.807) is 0 Å². The lowest BCUT2D eigenvalue weighted by molar-refractivity contribution is 0.107. The van der Waals surface area contributed by atoms with Crippen molar-refractivity contribution in [1.82, 2.24) is 0 Å². The zero-order valence-corrected chi connectivity index (χ0v) is 18.1. The first-order valence-corrected chi connectivity index (χ1v) is 11.5. The second-order valence-electron chi connectivity index (χ2n) is 7.68. The van der Waals surface area contributed by atoms with E-state index in [0.29, 0.717) is 10.9 Å². The number of benzene rings is 3. The average molecular weight is 390 g/mol. The summed E-state index contributed by atoms with van der Waals surface area (Å²) < 4.78 is 14.4. The molecule has 144 valence electrons. The van der Waals surface area contributed by atoms with Crippen molar-refractivity contribution in [1.29, 1.82) is 0 Å². The standard InChI is InChI=1S/C25H27O2P/c1-17-14-20(4)24(21(5)15-17)25(26)28(27,22-12-7-6-8-13-22)16-23-18(2)10-9-11-19(23)3/h6-15H,16H2,1-5H3. The van der Waals surface area contributed by atoms with Gasteiger partial charge in [-0.2, -0.15) is 0 Å². The molecule has 3 aromatic rings. The Bertz CT molecular complexity index is 1040. The topological polar surface area (TPSA) is 34.1 Å². The van der Waals surface area contributed by atoms with Crippen LogP contribution in [0.1, 0.15) is 43.7 Å². The van der Waals surface area contributed by atoms with Gasteiger partial charge in [0.25, 0.3) is 0 Å². The van der Waals surface area contributed by atoms with E-state index < -0.39 is 7.14 Å². The van der Waals surface area contributed by atoms with Crippen molar-refractivity contribution in [2.24, 2.45) is 0 Å². The molecule has 3 heteroatoms. The third-order valence-electron chi connectivity index (χ3n) is 5.42. The van der Waals surface area contributed by atoms with Crippen LogP contribution < -0.4 is 5.30 Å². The van der Waals surface area contributed by atoms with Crippen molar-refractivity contribution in [2.45, 2.75) is 40.8 Å².